The summed E-state index contributed by atoms with van der Waals surface area (Å²) in [7, 11) is -0.00381. The number of hydrogen-bond acceptors (Lipinski definition) is 3. The predicted octanol–water partition coefficient (Wildman–Crippen LogP) is 0.975. The van der Waals surface area contributed by atoms with Gasteiger partial charge in [0.05, 0.1) is 18.6 Å². The van der Waals surface area contributed by atoms with E-state index < -0.39 is 10.0 Å². The first-order valence-corrected chi connectivity index (χ1v) is 5.79. The zero-order valence-electron chi connectivity index (χ0n) is 8.02. The molecule has 5 heteroatoms. The molecule has 2 rings (SSSR count). The molecule has 0 aliphatic carbocycles. The summed E-state index contributed by atoms with van der Waals surface area (Å²) in [6.07, 6.45) is 0. The monoisotopic (exact) mass is 213 g/mol. The Hall–Kier alpha value is -1.23. The first-order chi connectivity index (χ1) is 6.54. The Labute approximate surface area is 83.2 Å². The Kier molecular flexibility index (Phi) is 1.92. The van der Waals surface area contributed by atoms with Crippen molar-refractivity contribution < 1.29 is 13.2 Å². The van der Waals surface area contributed by atoms with Crippen molar-refractivity contribution in [1.29, 1.82) is 0 Å². The van der Waals surface area contributed by atoms with Gasteiger partial charge in [-0.05, 0) is 23.8 Å². The predicted molar refractivity (Wildman–Crippen MR) is 54.0 cm³/mol. The first kappa shape index (κ1) is 9.33. The van der Waals surface area contributed by atoms with E-state index in [-0.39, 0.29) is 5.75 Å². The zero-order valence-corrected chi connectivity index (χ0v) is 8.84. The van der Waals surface area contributed by atoms with Crippen LogP contribution in [0.4, 0.5) is 5.69 Å². The quantitative estimate of drug-likeness (QED) is 0.698. The summed E-state index contributed by atoms with van der Waals surface area (Å²) in [6.45, 7) is 0. The van der Waals surface area contributed by atoms with E-state index in [2.05, 4.69) is 0 Å². The number of fused-ring (bicyclic) bond motifs is 1. The van der Waals surface area contributed by atoms with Gasteiger partial charge in [0, 0.05) is 7.05 Å². The molecule has 76 valence electrons. The van der Waals surface area contributed by atoms with Crippen LogP contribution in [0.1, 0.15) is 5.56 Å². The fraction of sp³-hybridized carbons (Fsp3) is 0.333. The SMILES string of the molecule is COc1ccc2c(c1)CS(=O)(=O)N2C. The van der Waals surface area contributed by atoms with E-state index in [1.807, 2.05) is 0 Å². The number of anilines is 1. The van der Waals surface area contributed by atoms with Gasteiger partial charge in [0.1, 0.15) is 5.75 Å². The molecule has 1 aliphatic rings. The molecule has 0 saturated carbocycles. The molecule has 14 heavy (non-hydrogen) atoms. The third kappa shape index (κ3) is 1.24. The second kappa shape index (κ2) is 2.88. The molecule has 0 unspecified atom stereocenters. The van der Waals surface area contributed by atoms with E-state index in [0.29, 0.717) is 5.75 Å². The molecule has 1 heterocycles. The van der Waals surface area contributed by atoms with E-state index in [1.165, 1.54) is 4.31 Å². The summed E-state index contributed by atoms with van der Waals surface area (Å²) in [5, 5.41) is 0. The fourth-order valence-electron chi connectivity index (χ4n) is 1.55. The Morgan fingerprint density at radius 3 is 2.79 bits per heavy atom. The number of benzene rings is 1. The van der Waals surface area contributed by atoms with Crippen molar-refractivity contribution in [3.63, 3.8) is 0 Å². The van der Waals surface area contributed by atoms with Crippen molar-refractivity contribution in [3.8, 4) is 5.75 Å². The van der Waals surface area contributed by atoms with Crippen molar-refractivity contribution in [2.75, 3.05) is 18.5 Å². The number of rotatable bonds is 1. The van der Waals surface area contributed by atoms with Crippen LogP contribution < -0.4 is 9.04 Å². The van der Waals surface area contributed by atoms with Crippen molar-refractivity contribution in [2.45, 2.75) is 5.75 Å². The molecule has 0 aromatic heterocycles. The molecular formula is C9H11NO3S. The van der Waals surface area contributed by atoms with E-state index in [0.717, 1.165) is 11.3 Å². The van der Waals surface area contributed by atoms with Crippen LogP contribution in [0.2, 0.25) is 0 Å². The minimum atomic E-state index is -3.13. The summed E-state index contributed by atoms with van der Waals surface area (Å²) < 4.78 is 29.3. The lowest BCUT2D eigenvalue weighted by Gasteiger charge is -2.10. The average molecular weight is 213 g/mol. The van der Waals surface area contributed by atoms with E-state index in [9.17, 15) is 8.42 Å². The van der Waals surface area contributed by atoms with Gasteiger partial charge in [0.25, 0.3) is 0 Å². The molecule has 0 atom stereocenters. The maximum atomic E-state index is 11.5. The third-order valence-electron chi connectivity index (χ3n) is 2.38. The van der Waals surface area contributed by atoms with Gasteiger partial charge in [-0.25, -0.2) is 8.42 Å². The van der Waals surface area contributed by atoms with Crippen LogP contribution in [0, 0.1) is 0 Å². The normalized spacial score (nSPS) is 18.0. The highest BCUT2D eigenvalue weighted by Crippen LogP contribution is 2.34. The molecule has 0 saturated heterocycles. The fourth-order valence-corrected chi connectivity index (χ4v) is 2.85. The number of ether oxygens (including phenoxy) is 1. The van der Waals surface area contributed by atoms with Gasteiger partial charge < -0.3 is 4.74 Å². The van der Waals surface area contributed by atoms with Gasteiger partial charge in [0.2, 0.25) is 10.0 Å². The molecular weight excluding hydrogens is 202 g/mol. The Bertz CT molecular complexity index is 467. The van der Waals surface area contributed by atoms with Gasteiger partial charge in [-0.1, -0.05) is 0 Å². The third-order valence-corrected chi connectivity index (χ3v) is 4.09. The highest BCUT2D eigenvalue weighted by molar-refractivity contribution is 7.92. The van der Waals surface area contributed by atoms with Crippen LogP contribution in [-0.4, -0.2) is 22.6 Å². The Morgan fingerprint density at radius 1 is 1.43 bits per heavy atom. The smallest absolute Gasteiger partial charge is 0.239 e. The van der Waals surface area contributed by atoms with E-state index in [4.69, 9.17) is 4.74 Å². The molecule has 4 nitrogen and oxygen atoms in total. The lowest BCUT2D eigenvalue weighted by atomic mass is 10.2. The first-order valence-electron chi connectivity index (χ1n) is 4.18. The minimum absolute atomic E-state index is 0.0655. The highest BCUT2D eigenvalue weighted by atomic mass is 32.2. The van der Waals surface area contributed by atoms with Gasteiger partial charge in [-0.2, -0.15) is 0 Å². The zero-order chi connectivity index (χ0) is 10.3. The molecule has 0 radical (unpaired) electrons. The van der Waals surface area contributed by atoms with Gasteiger partial charge >= 0.3 is 0 Å². The van der Waals surface area contributed by atoms with Crippen molar-refractivity contribution >= 4 is 15.7 Å². The highest BCUT2D eigenvalue weighted by Gasteiger charge is 2.29. The van der Waals surface area contributed by atoms with Crippen molar-refractivity contribution in [3.05, 3.63) is 23.8 Å². The number of hydrogen-bond donors (Lipinski definition) is 0. The lowest BCUT2D eigenvalue weighted by Crippen LogP contribution is -2.20. The lowest BCUT2D eigenvalue weighted by molar-refractivity contribution is 0.414. The van der Waals surface area contributed by atoms with Crippen LogP contribution >= 0.6 is 0 Å². The van der Waals surface area contributed by atoms with Crippen LogP contribution in [0.3, 0.4) is 0 Å². The standard InChI is InChI=1S/C9H11NO3S/c1-10-9-4-3-8(13-2)5-7(9)6-14(10,11)12/h3-5H,6H2,1-2H3. The average Bonchev–Trinajstić information content (AvgIpc) is 2.37. The maximum absolute atomic E-state index is 11.5. The van der Waals surface area contributed by atoms with Crippen molar-refractivity contribution in [2.24, 2.45) is 0 Å². The second-order valence-corrected chi connectivity index (χ2v) is 5.22. The molecule has 0 spiro atoms. The van der Waals surface area contributed by atoms with Crippen LogP contribution in [-0.2, 0) is 15.8 Å². The Balaban J connectivity index is 2.54. The molecule has 0 fully saturated rings. The van der Waals surface area contributed by atoms with Crippen LogP contribution in [0.15, 0.2) is 18.2 Å². The largest absolute Gasteiger partial charge is 0.497 e. The van der Waals surface area contributed by atoms with Gasteiger partial charge in [0.15, 0.2) is 0 Å². The second-order valence-electron chi connectivity index (χ2n) is 3.22. The minimum Gasteiger partial charge on any atom is -0.497 e. The summed E-state index contributed by atoms with van der Waals surface area (Å²) in [5.41, 5.74) is 1.54. The summed E-state index contributed by atoms with van der Waals surface area (Å²) in [5.74, 6) is 0.755. The maximum Gasteiger partial charge on any atom is 0.239 e. The number of sulfonamides is 1. The number of nitrogens with zero attached hydrogens (tertiary/aromatic N) is 1. The molecule has 1 aliphatic heterocycles. The van der Waals surface area contributed by atoms with Crippen molar-refractivity contribution in [1.82, 2.24) is 0 Å². The van der Waals surface area contributed by atoms with E-state index >= 15 is 0 Å². The van der Waals surface area contributed by atoms with Crippen LogP contribution in [0.5, 0.6) is 5.75 Å². The number of methoxy groups -OCH3 is 1. The summed E-state index contributed by atoms with van der Waals surface area (Å²) in [6, 6.07) is 5.28. The molecule has 1 aromatic rings. The molecule has 0 amide bonds. The molecule has 0 N–H and O–H groups in total. The summed E-state index contributed by atoms with van der Waals surface area (Å²) >= 11 is 0. The molecule has 1 aromatic carbocycles. The van der Waals surface area contributed by atoms with Crippen LogP contribution in [0.25, 0.3) is 0 Å². The van der Waals surface area contributed by atoms with E-state index in [1.54, 1.807) is 32.4 Å². The van der Waals surface area contributed by atoms with Gasteiger partial charge in [-0.3, -0.25) is 4.31 Å². The topological polar surface area (TPSA) is 46.6 Å². The molecule has 0 bridgehead atoms. The van der Waals surface area contributed by atoms with Gasteiger partial charge in [-0.15, -0.1) is 0 Å². The summed E-state index contributed by atoms with van der Waals surface area (Å²) in [4.78, 5) is 0. The Morgan fingerprint density at radius 2 is 2.14 bits per heavy atom.